The van der Waals surface area contributed by atoms with Gasteiger partial charge in [-0.05, 0) is 85.9 Å². The van der Waals surface area contributed by atoms with Gasteiger partial charge < -0.3 is 50.2 Å². The van der Waals surface area contributed by atoms with E-state index in [0.29, 0.717) is 19.3 Å². The third-order valence-corrected chi connectivity index (χ3v) is 13.5. The van der Waals surface area contributed by atoms with E-state index < -0.39 is 44.3 Å². The highest BCUT2D eigenvalue weighted by Gasteiger charge is 2.23. The average Bonchev–Trinajstić information content (AvgIpc) is 3.63. The van der Waals surface area contributed by atoms with E-state index in [-0.39, 0.29) is 116 Å². The molecule has 0 aliphatic carbocycles. The summed E-state index contributed by atoms with van der Waals surface area (Å²) >= 11 is 0. The molecule has 0 amide bonds. The van der Waals surface area contributed by atoms with Gasteiger partial charge in [-0.3, -0.25) is 28.5 Å². The van der Waals surface area contributed by atoms with Gasteiger partial charge in [-0.2, -0.15) is 8.42 Å². The van der Waals surface area contributed by atoms with Gasteiger partial charge in [0, 0.05) is 25.2 Å². The zero-order valence-corrected chi connectivity index (χ0v) is 51.4. The number of benzene rings is 5. The number of quaternary nitrogens is 1. The molecule has 0 saturated carbocycles. The fourth-order valence-corrected chi connectivity index (χ4v) is 7.08. The van der Waals surface area contributed by atoms with Crippen LogP contribution in [0.3, 0.4) is 0 Å². The number of nitrogens with two attached hydrogens (primary N) is 2. The topological polar surface area (TPSA) is 349 Å². The summed E-state index contributed by atoms with van der Waals surface area (Å²) in [7, 11) is -8.29. The molecule has 85 heavy (non-hydrogen) atoms. The number of hydrogen-bond donors (Lipinski definition) is 4. The molecule has 0 radical (unpaired) electrons. The molecule has 0 spiro atoms. The maximum atomic E-state index is 11.5. The molecule has 0 aromatic heterocycles. The average molecular weight is 1220 g/mol. The second-order valence-corrected chi connectivity index (χ2v) is 23.0. The van der Waals surface area contributed by atoms with Crippen LogP contribution in [0.5, 0.6) is 0 Å². The molecular weight excluding hydrogens is 1140 g/mol. The number of rotatable bonds is 26. The van der Waals surface area contributed by atoms with Crippen molar-refractivity contribution in [2.24, 2.45) is 29.2 Å². The number of aryl methyl sites for hydroxylation is 2. The normalized spacial score (nSPS) is 11.9. The predicted molar refractivity (Wildman–Crippen MR) is 317 cm³/mol. The van der Waals surface area contributed by atoms with Gasteiger partial charge in [0.15, 0.2) is 6.04 Å². The van der Waals surface area contributed by atoms with Crippen LogP contribution >= 0.6 is 0 Å². The van der Waals surface area contributed by atoms with Crippen molar-refractivity contribution < 1.29 is 88.9 Å². The molecule has 5 aromatic rings. The zero-order chi connectivity index (χ0) is 64.0. The first-order chi connectivity index (χ1) is 40.0. The minimum absolute atomic E-state index is 0.0355. The molecular formula is C62H85N3O18S2. The Morgan fingerprint density at radius 1 is 0.447 bits per heavy atom. The van der Waals surface area contributed by atoms with Crippen LogP contribution in [0.4, 0.5) is 0 Å². The van der Waals surface area contributed by atoms with E-state index in [9.17, 15) is 50.2 Å². The minimum atomic E-state index is -4.27. The first-order valence-corrected chi connectivity index (χ1v) is 30.4. The smallest absolute Gasteiger partial charge is 0.365 e. The van der Waals surface area contributed by atoms with E-state index in [0.717, 1.165) is 27.8 Å². The third-order valence-electron chi connectivity index (χ3n) is 11.8. The van der Waals surface area contributed by atoms with Crippen LogP contribution in [0.2, 0.25) is 0 Å². The first kappa shape index (κ1) is 75.6. The Morgan fingerprint density at radius 2 is 0.729 bits per heavy atom. The summed E-state index contributed by atoms with van der Waals surface area (Å²) in [6, 6.07) is 38.6. The van der Waals surface area contributed by atoms with Gasteiger partial charge in [0.1, 0.15) is 42.0 Å². The Labute approximate surface area is 500 Å². The van der Waals surface area contributed by atoms with E-state index in [2.05, 4.69) is 5.73 Å². The second kappa shape index (κ2) is 41.6. The van der Waals surface area contributed by atoms with E-state index in [1.54, 1.807) is 24.3 Å². The van der Waals surface area contributed by atoms with Crippen molar-refractivity contribution in [1.82, 2.24) is 0 Å². The van der Waals surface area contributed by atoms with Gasteiger partial charge in [-0.15, -0.1) is 0 Å². The van der Waals surface area contributed by atoms with E-state index in [1.807, 2.05) is 146 Å². The summed E-state index contributed by atoms with van der Waals surface area (Å²) in [6.07, 6.45) is 2.01. The molecule has 0 heterocycles. The van der Waals surface area contributed by atoms with Gasteiger partial charge in [-0.1, -0.05) is 168 Å². The van der Waals surface area contributed by atoms with E-state index in [4.69, 9.17) is 44.4 Å². The Morgan fingerprint density at radius 3 is 0.988 bits per heavy atom. The monoisotopic (exact) mass is 1220 g/mol. The summed E-state index contributed by atoms with van der Waals surface area (Å²) in [5, 5.41) is 0. The summed E-state index contributed by atoms with van der Waals surface area (Å²) in [4.78, 5) is 68.8. The third kappa shape index (κ3) is 36.2. The van der Waals surface area contributed by atoms with Crippen LogP contribution < -0.4 is 17.2 Å². The fraction of sp³-hybridized carbons (Fsp3) is 0.419. The molecule has 0 fully saturated rings. The van der Waals surface area contributed by atoms with Crippen molar-refractivity contribution in [3.63, 3.8) is 0 Å². The summed E-state index contributed by atoms with van der Waals surface area (Å²) in [5.41, 5.74) is 19.8. The molecule has 5 rings (SSSR count). The van der Waals surface area contributed by atoms with E-state index >= 15 is 0 Å². The van der Waals surface area contributed by atoms with Crippen molar-refractivity contribution in [3.05, 3.63) is 167 Å². The number of esters is 6. The zero-order valence-electron chi connectivity index (χ0n) is 49.8. The molecule has 0 bridgehead atoms. The van der Waals surface area contributed by atoms with Crippen molar-refractivity contribution in [3.8, 4) is 0 Å². The second-order valence-electron chi connectivity index (χ2n) is 20.2. The molecule has 23 heteroatoms. The standard InChI is InChI=1S/3C16H23NO4.2C7H8O3S/c3*1-12(2)15(17)16(19)20-10-6-9-14(18)21-11-13-7-4-3-5-8-13;2*1-6-2-4-7(5-3-6)11(8,9)10/h3*3-5,7-8,12,15H,6,9-11,17H2,1-2H3;2*2-5H,1H3,(H,8,9,10)/t3*15-;;/m000../s1. The maximum absolute atomic E-state index is 11.5. The highest BCUT2D eigenvalue weighted by Crippen LogP contribution is 2.12. The summed E-state index contributed by atoms with van der Waals surface area (Å²) in [5.74, 6) is -1.85. The van der Waals surface area contributed by atoms with Crippen molar-refractivity contribution >= 4 is 56.1 Å². The van der Waals surface area contributed by atoms with E-state index in [1.165, 1.54) is 24.3 Å². The van der Waals surface area contributed by atoms with Gasteiger partial charge >= 0.3 is 35.8 Å². The van der Waals surface area contributed by atoms with Gasteiger partial charge in [0.05, 0.1) is 29.6 Å². The Bertz CT molecular complexity index is 2670. The fourth-order valence-electron chi connectivity index (χ4n) is 6.13. The lowest BCUT2D eigenvalue weighted by Gasteiger charge is -2.14. The number of carbonyl (C=O) groups is 6. The van der Waals surface area contributed by atoms with Crippen LogP contribution in [0.1, 0.15) is 108 Å². The minimum Gasteiger partial charge on any atom is -0.744 e. The molecule has 0 saturated heterocycles. The first-order valence-electron chi connectivity index (χ1n) is 27.5. The van der Waals surface area contributed by atoms with Gasteiger partial charge in [0.25, 0.3) is 10.1 Å². The molecule has 0 aliphatic heterocycles. The Kier molecular flexibility index (Phi) is 37.0. The maximum Gasteiger partial charge on any atom is 0.365 e. The number of hydrogen-bond acceptors (Lipinski definition) is 19. The van der Waals surface area contributed by atoms with Crippen LogP contribution in [0.25, 0.3) is 0 Å². The highest BCUT2D eigenvalue weighted by atomic mass is 32.2. The molecule has 0 unspecified atom stereocenters. The van der Waals surface area contributed by atoms with Crippen molar-refractivity contribution in [1.29, 1.82) is 0 Å². The summed E-state index contributed by atoms with van der Waals surface area (Å²) in [6.45, 7) is 16.3. The Balaban J connectivity index is 0.000000545. The Hall–Kier alpha value is -7.38. The molecule has 3 atom stereocenters. The molecule has 5 aromatic carbocycles. The lowest BCUT2D eigenvalue weighted by atomic mass is 10.1. The predicted octanol–water partition coefficient (Wildman–Crippen LogP) is 7.53. The SMILES string of the molecule is CC(C)[C@H](N)C(=O)OCCCC(=O)OCc1ccccc1.CC(C)[C@H](N)C(=O)OCCCC(=O)OCc1ccccc1.CC(C)[C@H]([NH3+])C(=O)OCCCC(=O)OCc1ccccc1.Cc1ccc(S(=O)(=O)O)cc1.Cc1ccc(S(=O)(=O)[O-])cc1. The van der Waals surface area contributed by atoms with Crippen LogP contribution in [0, 0.1) is 31.6 Å². The highest BCUT2D eigenvalue weighted by molar-refractivity contribution is 7.86. The van der Waals surface area contributed by atoms with Gasteiger partial charge in [0.2, 0.25) is 0 Å². The molecule has 468 valence electrons. The number of ether oxygens (including phenoxy) is 6. The lowest BCUT2D eigenvalue weighted by molar-refractivity contribution is -0.418. The van der Waals surface area contributed by atoms with Gasteiger partial charge in [-0.25, -0.2) is 13.2 Å². The molecule has 0 aliphatic rings. The molecule has 21 nitrogen and oxygen atoms in total. The number of carbonyl (C=O) groups excluding carboxylic acids is 6. The largest absolute Gasteiger partial charge is 0.744 e. The molecule has 8 N–H and O–H groups in total. The van der Waals surface area contributed by atoms with Crippen LogP contribution in [0.15, 0.2) is 149 Å². The van der Waals surface area contributed by atoms with Crippen LogP contribution in [-0.4, -0.2) is 99.7 Å². The van der Waals surface area contributed by atoms with Crippen LogP contribution in [-0.2, 0) is 97.2 Å². The quantitative estimate of drug-likeness (QED) is 0.0180. The lowest BCUT2D eigenvalue weighted by Crippen LogP contribution is -2.67. The van der Waals surface area contributed by atoms with Crippen molar-refractivity contribution in [2.45, 2.75) is 142 Å². The summed E-state index contributed by atoms with van der Waals surface area (Å²) < 4.78 is 91.2. The van der Waals surface area contributed by atoms with Crippen molar-refractivity contribution in [2.75, 3.05) is 19.8 Å².